The van der Waals surface area contributed by atoms with Gasteiger partial charge in [0.05, 0.1) is 10.5 Å². The van der Waals surface area contributed by atoms with Crippen LogP contribution in [-0.4, -0.2) is 28.8 Å². The van der Waals surface area contributed by atoms with E-state index in [-0.39, 0.29) is 23.5 Å². The van der Waals surface area contributed by atoms with Crippen molar-refractivity contribution in [2.45, 2.75) is 50.9 Å². The first-order valence-electron chi connectivity index (χ1n) is 7.55. The van der Waals surface area contributed by atoms with E-state index < -0.39 is 17.1 Å². The highest BCUT2D eigenvalue weighted by Gasteiger charge is 2.28. The molecular formula is C15H20F2N2O4. The summed E-state index contributed by atoms with van der Waals surface area (Å²) in [6, 6.07) is 3.49. The molecule has 8 heteroatoms. The molecule has 0 amide bonds. The molecule has 0 bridgehead atoms. The lowest BCUT2D eigenvalue weighted by molar-refractivity contribution is -0.385. The summed E-state index contributed by atoms with van der Waals surface area (Å²) >= 11 is 0. The van der Waals surface area contributed by atoms with Gasteiger partial charge >= 0.3 is 6.61 Å². The van der Waals surface area contributed by atoms with Crippen molar-refractivity contribution in [1.29, 1.82) is 0 Å². The van der Waals surface area contributed by atoms with Gasteiger partial charge in [0.25, 0.3) is 5.69 Å². The van der Waals surface area contributed by atoms with E-state index in [0.29, 0.717) is 19.4 Å². The lowest BCUT2D eigenvalue weighted by Crippen LogP contribution is -2.41. The molecule has 6 nitrogen and oxygen atoms in total. The van der Waals surface area contributed by atoms with Crippen LogP contribution in [0.25, 0.3) is 0 Å². The summed E-state index contributed by atoms with van der Waals surface area (Å²) in [4.78, 5) is 10.2. The second-order valence-electron chi connectivity index (χ2n) is 5.82. The average Bonchev–Trinajstić information content (AvgIpc) is 2.48. The number of hydrogen-bond donors (Lipinski definition) is 2. The predicted octanol–water partition coefficient (Wildman–Crippen LogP) is 2.98. The van der Waals surface area contributed by atoms with Crippen LogP contribution in [0.2, 0.25) is 0 Å². The Morgan fingerprint density at radius 3 is 2.65 bits per heavy atom. The summed E-state index contributed by atoms with van der Waals surface area (Å²) in [6.07, 6.45) is 4.38. The maximum Gasteiger partial charge on any atom is 0.387 e. The van der Waals surface area contributed by atoms with Crippen LogP contribution >= 0.6 is 0 Å². The van der Waals surface area contributed by atoms with Gasteiger partial charge in [0.1, 0.15) is 5.75 Å². The van der Waals surface area contributed by atoms with Crippen LogP contribution in [0.5, 0.6) is 5.75 Å². The van der Waals surface area contributed by atoms with E-state index in [1.807, 2.05) is 0 Å². The van der Waals surface area contributed by atoms with E-state index >= 15 is 0 Å². The molecule has 0 heterocycles. The molecule has 23 heavy (non-hydrogen) atoms. The summed E-state index contributed by atoms with van der Waals surface area (Å²) in [7, 11) is 0. The molecule has 0 spiro atoms. The molecule has 0 radical (unpaired) electrons. The quantitative estimate of drug-likeness (QED) is 0.593. The van der Waals surface area contributed by atoms with Crippen LogP contribution < -0.4 is 10.1 Å². The Bertz CT molecular complexity index is 548. The first kappa shape index (κ1) is 17.6. The molecule has 0 saturated heterocycles. The molecule has 1 aromatic rings. The molecular weight excluding hydrogens is 310 g/mol. The SMILES string of the molecule is O=[N+]([O-])c1ccc(OC(F)F)c(CNCC2(O)CCCCC2)c1. The van der Waals surface area contributed by atoms with Gasteiger partial charge in [-0.3, -0.25) is 10.1 Å². The standard InChI is InChI=1S/C15H20F2N2O4/c16-14(17)23-13-5-4-12(19(21)22)8-11(13)9-18-10-15(20)6-2-1-3-7-15/h4-5,8,14,18,20H,1-3,6-7,9-10H2. The Kier molecular flexibility index (Phi) is 5.84. The van der Waals surface area contributed by atoms with E-state index in [1.165, 1.54) is 6.07 Å². The van der Waals surface area contributed by atoms with E-state index in [9.17, 15) is 24.0 Å². The van der Waals surface area contributed by atoms with Gasteiger partial charge < -0.3 is 15.2 Å². The zero-order chi connectivity index (χ0) is 16.9. The van der Waals surface area contributed by atoms with Crippen molar-refractivity contribution in [2.24, 2.45) is 0 Å². The summed E-state index contributed by atoms with van der Waals surface area (Å²) in [5.74, 6) is -0.103. The van der Waals surface area contributed by atoms with Crippen molar-refractivity contribution < 1.29 is 23.5 Å². The number of halogens is 2. The number of alkyl halides is 2. The number of nitrogens with one attached hydrogen (secondary N) is 1. The molecule has 0 aromatic heterocycles. The molecule has 0 aliphatic heterocycles. The van der Waals surface area contributed by atoms with E-state index in [4.69, 9.17) is 0 Å². The third kappa shape index (κ3) is 5.11. The second kappa shape index (κ2) is 7.65. The van der Waals surface area contributed by atoms with Crippen molar-refractivity contribution in [3.8, 4) is 5.75 Å². The zero-order valence-corrected chi connectivity index (χ0v) is 12.6. The monoisotopic (exact) mass is 330 g/mol. The van der Waals surface area contributed by atoms with Crippen LogP contribution in [0.15, 0.2) is 18.2 Å². The van der Waals surface area contributed by atoms with Crippen molar-refractivity contribution in [3.63, 3.8) is 0 Å². The normalized spacial score (nSPS) is 17.2. The molecule has 2 N–H and O–H groups in total. The maximum absolute atomic E-state index is 12.4. The topological polar surface area (TPSA) is 84.6 Å². The highest BCUT2D eigenvalue weighted by molar-refractivity contribution is 5.43. The number of aliphatic hydroxyl groups is 1. The minimum atomic E-state index is -3.00. The zero-order valence-electron chi connectivity index (χ0n) is 12.6. The van der Waals surface area contributed by atoms with Gasteiger partial charge in [-0.15, -0.1) is 0 Å². The minimum Gasteiger partial charge on any atom is -0.434 e. The fourth-order valence-corrected chi connectivity index (χ4v) is 2.85. The Labute approximate surface area is 132 Å². The largest absolute Gasteiger partial charge is 0.434 e. The minimum absolute atomic E-state index is 0.103. The van der Waals surface area contributed by atoms with Gasteiger partial charge in [-0.05, 0) is 18.9 Å². The van der Waals surface area contributed by atoms with Gasteiger partial charge in [0, 0.05) is 30.8 Å². The van der Waals surface area contributed by atoms with Crippen molar-refractivity contribution in [2.75, 3.05) is 6.54 Å². The molecule has 1 fully saturated rings. The molecule has 2 rings (SSSR count). The summed E-state index contributed by atoms with van der Waals surface area (Å²) < 4.78 is 29.2. The fraction of sp³-hybridized carbons (Fsp3) is 0.600. The third-order valence-electron chi connectivity index (χ3n) is 4.02. The van der Waals surface area contributed by atoms with Gasteiger partial charge in [0.2, 0.25) is 0 Å². The molecule has 1 aliphatic carbocycles. The highest BCUT2D eigenvalue weighted by atomic mass is 19.3. The lowest BCUT2D eigenvalue weighted by Gasteiger charge is -2.32. The fourth-order valence-electron chi connectivity index (χ4n) is 2.85. The van der Waals surface area contributed by atoms with Crippen molar-refractivity contribution >= 4 is 5.69 Å². The van der Waals surface area contributed by atoms with E-state index in [0.717, 1.165) is 31.4 Å². The van der Waals surface area contributed by atoms with Gasteiger partial charge in [-0.25, -0.2) is 0 Å². The molecule has 0 unspecified atom stereocenters. The highest BCUT2D eigenvalue weighted by Crippen LogP contribution is 2.28. The Hall–Kier alpha value is -1.80. The van der Waals surface area contributed by atoms with E-state index in [1.54, 1.807) is 0 Å². The number of benzene rings is 1. The van der Waals surface area contributed by atoms with Crippen LogP contribution in [-0.2, 0) is 6.54 Å². The van der Waals surface area contributed by atoms with Crippen LogP contribution in [0, 0.1) is 10.1 Å². The maximum atomic E-state index is 12.4. The predicted molar refractivity (Wildman–Crippen MR) is 79.5 cm³/mol. The number of nitro groups is 1. The molecule has 128 valence electrons. The molecule has 1 aromatic carbocycles. The Morgan fingerprint density at radius 1 is 1.35 bits per heavy atom. The third-order valence-corrected chi connectivity index (χ3v) is 4.02. The van der Waals surface area contributed by atoms with E-state index in [2.05, 4.69) is 10.1 Å². The Morgan fingerprint density at radius 2 is 2.04 bits per heavy atom. The number of ether oxygens (including phenoxy) is 1. The lowest BCUT2D eigenvalue weighted by atomic mass is 9.85. The van der Waals surface area contributed by atoms with Gasteiger partial charge in [-0.2, -0.15) is 8.78 Å². The molecule has 1 saturated carbocycles. The van der Waals surface area contributed by atoms with Gasteiger partial charge in [0.15, 0.2) is 0 Å². The Balaban J connectivity index is 2.03. The average molecular weight is 330 g/mol. The van der Waals surface area contributed by atoms with Crippen LogP contribution in [0.1, 0.15) is 37.7 Å². The number of non-ortho nitro benzene ring substituents is 1. The van der Waals surface area contributed by atoms with Crippen molar-refractivity contribution in [1.82, 2.24) is 5.32 Å². The van der Waals surface area contributed by atoms with Crippen LogP contribution in [0.3, 0.4) is 0 Å². The molecule has 0 atom stereocenters. The number of hydrogen-bond acceptors (Lipinski definition) is 5. The first-order valence-corrected chi connectivity index (χ1v) is 7.55. The smallest absolute Gasteiger partial charge is 0.387 e. The second-order valence-corrected chi connectivity index (χ2v) is 5.82. The van der Waals surface area contributed by atoms with Crippen molar-refractivity contribution in [3.05, 3.63) is 33.9 Å². The van der Waals surface area contributed by atoms with Gasteiger partial charge in [-0.1, -0.05) is 19.3 Å². The first-order chi connectivity index (χ1) is 10.9. The summed E-state index contributed by atoms with van der Waals surface area (Å²) in [5.41, 5.74) is -0.735. The number of rotatable bonds is 7. The van der Waals surface area contributed by atoms with Crippen LogP contribution in [0.4, 0.5) is 14.5 Å². The molecule has 1 aliphatic rings. The summed E-state index contributed by atoms with van der Waals surface area (Å²) in [5, 5.41) is 24.2. The summed E-state index contributed by atoms with van der Waals surface area (Å²) in [6.45, 7) is -2.59. The number of nitrogens with zero attached hydrogens (tertiary/aromatic N) is 1. The number of nitro benzene ring substituents is 1.